The Morgan fingerprint density at radius 3 is 1.50 bits per heavy atom. The van der Waals surface area contributed by atoms with E-state index < -0.39 is 0 Å². The van der Waals surface area contributed by atoms with E-state index in [0.29, 0.717) is 17.5 Å². The Balaban J connectivity index is 1.73. The van der Waals surface area contributed by atoms with Crippen LogP contribution in [0.2, 0.25) is 0 Å². The molecule has 2 atom stereocenters. The molecule has 0 saturated heterocycles. The van der Waals surface area contributed by atoms with Gasteiger partial charge in [-0.05, 0) is 57.9 Å². The molecule has 0 aliphatic rings. The zero-order valence-electron chi connectivity index (χ0n) is 23.2. The first-order chi connectivity index (χ1) is 18.3. The van der Waals surface area contributed by atoms with Crippen LogP contribution >= 0.6 is 0 Å². The number of fused-ring (bicyclic) bond motifs is 1. The minimum absolute atomic E-state index is 0.00943. The number of benzene rings is 4. The Kier molecular flexibility index (Phi) is 7.07. The Morgan fingerprint density at radius 2 is 1.00 bits per heavy atom. The van der Waals surface area contributed by atoms with Gasteiger partial charge in [-0.2, -0.15) is 0 Å². The molecule has 1 aromatic heterocycles. The van der Waals surface area contributed by atoms with E-state index in [0.717, 1.165) is 22.2 Å². The average molecular weight is 504 g/mol. The first kappa shape index (κ1) is 25.7. The summed E-state index contributed by atoms with van der Waals surface area (Å²) >= 11 is 0. The van der Waals surface area contributed by atoms with Gasteiger partial charge in [-0.3, -0.25) is 0 Å². The molecule has 0 radical (unpaired) electrons. The van der Waals surface area contributed by atoms with E-state index >= 15 is 0 Å². The molecule has 4 aromatic carbocycles. The molecule has 0 aliphatic heterocycles. The van der Waals surface area contributed by atoms with Crippen LogP contribution in [0.25, 0.3) is 16.7 Å². The number of nitrogens with zero attached hydrogens (tertiary/aromatic N) is 3. The van der Waals surface area contributed by atoms with Crippen molar-refractivity contribution < 1.29 is 5.11 Å². The summed E-state index contributed by atoms with van der Waals surface area (Å²) < 4.78 is 0. The molecule has 0 saturated carbocycles. The lowest BCUT2D eigenvalue weighted by molar-refractivity contribution is 0.458. The lowest BCUT2D eigenvalue weighted by Crippen LogP contribution is -2.09. The Bertz CT molecular complexity index is 1550. The minimum atomic E-state index is -0.00943. The second kappa shape index (κ2) is 10.4. The van der Waals surface area contributed by atoms with E-state index in [1.54, 1.807) is 4.80 Å². The predicted molar refractivity (Wildman–Crippen MR) is 157 cm³/mol. The predicted octanol–water partition coefficient (Wildman–Crippen LogP) is 8.68. The molecule has 0 aliphatic carbocycles. The maximum absolute atomic E-state index is 11.7. The molecule has 4 nitrogen and oxygen atoms in total. The lowest BCUT2D eigenvalue weighted by atomic mass is 9.81. The number of phenolic OH excluding ortho intramolecular Hbond substituents is 1. The van der Waals surface area contributed by atoms with Crippen molar-refractivity contribution in [3.63, 3.8) is 0 Å². The summed E-state index contributed by atoms with van der Waals surface area (Å²) in [6, 6.07) is 29.3. The van der Waals surface area contributed by atoms with Crippen LogP contribution in [-0.4, -0.2) is 20.1 Å². The highest BCUT2D eigenvalue weighted by molar-refractivity contribution is 5.74. The number of rotatable bonds is 7. The van der Waals surface area contributed by atoms with Crippen LogP contribution in [0.15, 0.2) is 84.9 Å². The van der Waals surface area contributed by atoms with E-state index in [1.807, 2.05) is 24.3 Å². The normalized spacial score (nSPS) is 13.4. The first-order valence-corrected chi connectivity index (χ1v) is 13.6. The lowest BCUT2D eigenvalue weighted by Gasteiger charge is -2.24. The van der Waals surface area contributed by atoms with Gasteiger partial charge >= 0.3 is 0 Å². The molecule has 2 unspecified atom stereocenters. The Labute approximate surface area is 226 Å². The number of hydrogen-bond acceptors (Lipinski definition) is 3. The highest BCUT2D eigenvalue weighted by Crippen LogP contribution is 2.41. The topological polar surface area (TPSA) is 50.9 Å². The Morgan fingerprint density at radius 1 is 0.553 bits per heavy atom. The molecule has 0 bridgehead atoms. The highest BCUT2D eigenvalue weighted by Gasteiger charge is 2.24. The fourth-order valence-corrected chi connectivity index (χ4v) is 5.57. The summed E-state index contributed by atoms with van der Waals surface area (Å²) in [5, 5.41) is 21.2. The van der Waals surface area contributed by atoms with Gasteiger partial charge in [-0.15, -0.1) is 15.0 Å². The maximum atomic E-state index is 11.7. The summed E-state index contributed by atoms with van der Waals surface area (Å²) in [5.41, 5.74) is 9.41. The molecule has 194 valence electrons. The number of aromatic hydroxyl groups is 1. The largest absolute Gasteiger partial charge is 0.505 e. The van der Waals surface area contributed by atoms with Crippen molar-refractivity contribution in [1.82, 2.24) is 15.0 Å². The highest BCUT2D eigenvalue weighted by atomic mass is 16.3. The van der Waals surface area contributed by atoms with E-state index in [-0.39, 0.29) is 17.6 Å². The average Bonchev–Trinajstić information content (AvgIpc) is 3.36. The van der Waals surface area contributed by atoms with Crippen LogP contribution in [0.1, 0.15) is 98.6 Å². The molecule has 0 fully saturated rings. The van der Waals surface area contributed by atoms with Crippen molar-refractivity contribution >= 4 is 11.0 Å². The van der Waals surface area contributed by atoms with Gasteiger partial charge in [0, 0.05) is 17.4 Å². The van der Waals surface area contributed by atoms with E-state index in [4.69, 9.17) is 10.2 Å². The quantitative estimate of drug-likeness (QED) is 0.242. The molecular formula is C34H37N3O. The molecule has 5 rings (SSSR count). The van der Waals surface area contributed by atoms with Crippen LogP contribution in [0.4, 0.5) is 0 Å². The van der Waals surface area contributed by atoms with Crippen molar-refractivity contribution in [1.29, 1.82) is 0 Å². The van der Waals surface area contributed by atoms with Crippen LogP contribution < -0.4 is 0 Å². The van der Waals surface area contributed by atoms with Crippen LogP contribution in [0.3, 0.4) is 0 Å². The molecule has 1 N–H and O–H groups in total. The van der Waals surface area contributed by atoms with Crippen molar-refractivity contribution in [3.8, 4) is 11.4 Å². The second-order valence-electron chi connectivity index (χ2n) is 11.0. The van der Waals surface area contributed by atoms with E-state index in [2.05, 4.69) is 102 Å². The third kappa shape index (κ3) is 4.71. The van der Waals surface area contributed by atoms with Gasteiger partial charge in [-0.1, -0.05) is 108 Å². The summed E-state index contributed by atoms with van der Waals surface area (Å²) in [5.74, 6) is 1.14. The molecule has 1 heterocycles. The van der Waals surface area contributed by atoms with Gasteiger partial charge in [0.15, 0.2) is 0 Å². The summed E-state index contributed by atoms with van der Waals surface area (Å²) in [4.78, 5) is 1.59. The van der Waals surface area contributed by atoms with Crippen molar-refractivity contribution in [3.05, 3.63) is 118 Å². The third-order valence-electron chi connectivity index (χ3n) is 7.78. The molecule has 0 spiro atoms. The minimum Gasteiger partial charge on any atom is -0.505 e. The summed E-state index contributed by atoms with van der Waals surface area (Å²) in [6.07, 6.45) is 0. The molecular weight excluding hydrogens is 466 g/mol. The van der Waals surface area contributed by atoms with E-state index in [1.165, 1.54) is 22.3 Å². The third-order valence-corrected chi connectivity index (χ3v) is 7.78. The smallest absolute Gasteiger partial charge is 0.146 e. The van der Waals surface area contributed by atoms with E-state index in [9.17, 15) is 5.11 Å². The zero-order chi connectivity index (χ0) is 27.0. The van der Waals surface area contributed by atoms with Crippen molar-refractivity contribution in [2.75, 3.05) is 0 Å². The number of hydrogen-bond donors (Lipinski definition) is 1. The van der Waals surface area contributed by atoms with Gasteiger partial charge in [-0.25, -0.2) is 0 Å². The van der Waals surface area contributed by atoms with Crippen LogP contribution in [0.5, 0.6) is 5.75 Å². The molecule has 0 amide bonds. The standard InChI is InChI=1S/C34H37N3O/c1-21(2)26-13-7-9-15-28(26)23(5)25-19-30(24(6)29-16-10-8-14-27(29)22(3)4)34(38)33(20-25)37-35-31-17-11-12-18-32(31)36-37/h7-24,38H,1-6H3. The van der Waals surface area contributed by atoms with Crippen LogP contribution in [0, 0.1) is 0 Å². The maximum Gasteiger partial charge on any atom is 0.146 e. The number of phenols is 1. The van der Waals surface area contributed by atoms with Gasteiger partial charge in [0.25, 0.3) is 0 Å². The van der Waals surface area contributed by atoms with Crippen molar-refractivity contribution in [2.45, 2.75) is 65.2 Å². The van der Waals surface area contributed by atoms with Crippen molar-refractivity contribution in [2.24, 2.45) is 0 Å². The van der Waals surface area contributed by atoms with Gasteiger partial charge < -0.3 is 5.11 Å². The summed E-state index contributed by atoms with van der Waals surface area (Å²) in [6.45, 7) is 13.4. The fraction of sp³-hybridized carbons (Fsp3) is 0.294. The van der Waals surface area contributed by atoms with Gasteiger partial charge in [0.2, 0.25) is 0 Å². The van der Waals surface area contributed by atoms with Gasteiger partial charge in [0.05, 0.1) is 0 Å². The second-order valence-corrected chi connectivity index (χ2v) is 11.0. The molecule has 4 heteroatoms. The fourth-order valence-electron chi connectivity index (χ4n) is 5.57. The SMILES string of the molecule is CC(C)c1ccccc1C(C)c1cc(C(C)c2ccccc2C(C)C)c(O)c(-n2nc3ccccc3n2)c1. The molecule has 38 heavy (non-hydrogen) atoms. The zero-order valence-corrected chi connectivity index (χ0v) is 23.2. The van der Waals surface area contributed by atoms with Crippen LogP contribution in [-0.2, 0) is 0 Å². The number of aromatic nitrogens is 3. The van der Waals surface area contributed by atoms with Gasteiger partial charge in [0.1, 0.15) is 22.5 Å². The monoisotopic (exact) mass is 503 g/mol. The Hall–Kier alpha value is -3.92. The molecule has 5 aromatic rings. The first-order valence-electron chi connectivity index (χ1n) is 13.6. The summed E-state index contributed by atoms with van der Waals surface area (Å²) in [7, 11) is 0.